The molecule has 2 fully saturated rings. The van der Waals surface area contributed by atoms with Gasteiger partial charge in [-0.1, -0.05) is 0 Å². The normalized spacial score (nSPS) is 23.0. The average Bonchev–Trinajstić information content (AvgIpc) is 3.29. The number of piperazine rings is 1. The summed E-state index contributed by atoms with van der Waals surface area (Å²) in [5.74, 6) is 0.484. The number of amides is 1. The van der Waals surface area contributed by atoms with E-state index in [2.05, 4.69) is 20.4 Å². The van der Waals surface area contributed by atoms with Crippen molar-refractivity contribution in [3.8, 4) is 5.69 Å². The number of rotatable bonds is 3. The molecule has 2 saturated heterocycles. The first kappa shape index (κ1) is 16.8. The van der Waals surface area contributed by atoms with Gasteiger partial charge in [-0.25, -0.2) is 0 Å². The Hall–Kier alpha value is -2.69. The molecule has 26 heavy (non-hydrogen) atoms. The number of aromatic nitrogens is 4. The molecule has 4 rings (SSSR count). The predicted molar refractivity (Wildman–Crippen MR) is 78.9 cm³/mol. The number of hydrogen-bond acceptors (Lipinski definition) is 6. The van der Waals surface area contributed by atoms with Crippen LogP contribution in [0.15, 0.2) is 24.3 Å². The highest BCUT2D eigenvalue weighted by molar-refractivity contribution is 5.64. The van der Waals surface area contributed by atoms with Crippen LogP contribution in [0, 0.1) is 0 Å². The molecule has 2 bridgehead atoms. The summed E-state index contributed by atoms with van der Waals surface area (Å²) in [7, 11) is 0. The Labute approximate surface area is 145 Å². The molecule has 11 heteroatoms. The minimum atomic E-state index is -4.40. The zero-order valence-electron chi connectivity index (χ0n) is 13.4. The predicted octanol–water partition coefficient (Wildman–Crippen LogP) is 0.283. The molecule has 2 aliphatic heterocycles. The molecule has 1 aromatic heterocycles. The highest BCUT2D eigenvalue weighted by Gasteiger charge is 2.43. The first-order valence-corrected chi connectivity index (χ1v) is 7.99. The Balaban J connectivity index is 1.49. The molecule has 138 valence electrons. The second-order valence-electron chi connectivity index (χ2n) is 6.44. The van der Waals surface area contributed by atoms with Crippen molar-refractivity contribution in [3.63, 3.8) is 0 Å². The Morgan fingerprint density at radius 2 is 1.92 bits per heavy atom. The van der Waals surface area contributed by atoms with Gasteiger partial charge in [0.05, 0.1) is 17.8 Å². The van der Waals surface area contributed by atoms with E-state index in [1.807, 2.05) is 0 Å². The standard InChI is InChI=1S/C15H15F3N6O2/c16-15(17,18)9-1-3-10(4-2-9)24-13(19-20-21-24)8-22-6-12-5-11(22)7-23(12)14(25)26/h1-4,11-12H,5-8H2,(H,25,26)/p-1/t11-,12-/m0/s1. The zero-order valence-corrected chi connectivity index (χ0v) is 13.4. The van der Waals surface area contributed by atoms with E-state index in [1.165, 1.54) is 21.7 Å². The smallest absolute Gasteiger partial charge is 0.416 e. The van der Waals surface area contributed by atoms with Gasteiger partial charge in [0, 0.05) is 25.2 Å². The lowest BCUT2D eigenvalue weighted by Gasteiger charge is -2.35. The molecule has 2 aromatic rings. The number of likely N-dealkylation sites (tertiary alicyclic amines) is 2. The van der Waals surface area contributed by atoms with Crippen LogP contribution in [0.2, 0.25) is 0 Å². The van der Waals surface area contributed by atoms with Gasteiger partial charge in [-0.15, -0.1) is 5.10 Å². The van der Waals surface area contributed by atoms with Gasteiger partial charge in [-0.2, -0.15) is 17.9 Å². The van der Waals surface area contributed by atoms with Crippen molar-refractivity contribution in [2.75, 3.05) is 13.1 Å². The molecule has 1 aromatic carbocycles. The van der Waals surface area contributed by atoms with Crippen molar-refractivity contribution in [2.24, 2.45) is 0 Å². The van der Waals surface area contributed by atoms with Gasteiger partial charge in [0.15, 0.2) is 5.82 Å². The first-order chi connectivity index (χ1) is 12.3. The third-order valence-corrected chi connectivity index (χ3v) is 4.91. The third-order valence-electron chi connectivity index (χ3n) is 4.91. The fourth-order valence-electron chi connectivity index (χ4n) is 3.64. The van der Waals surface area contributed by atoms with E-state index < -0.39 is 17.8 Å². The van der Waals surface area contributed by atoms with Crippen molar-refractivity contribution in [1.29, 1.82) is 0 Å². The quantitative estimate of drug-likeness (QED) is 0.774. The molecule has 2 aliphatic rings. The van der Waals surface area contributed by atoms with E-state index >= 15 is 0 Å². The summed E-state index contributed by atoms with van der Waals surface area (Å²) in [5, 5.41) is 22.5. The second kappa shape index (κ2) is 5.94. The number of nitrogens with zero attached hydrogens (tertiary/aromatic N) is 6. The lowest BCUT2D eigenvalue weighted by atomic mass is 10.2. The number of benzene rings is 1. The van der Waals surface area contributed by atoms with E-state index in [4.69, 9.17) is 0 Å². The minimum absolute atomic E-state index is 0.0654. The maximum Gasteiger partial charge on any atom is 0.416 e. The van der Waals surface area contributed by atoms with Crippen LogP contribution >= 0.6 is 0 Å². The molecule has 0 N–H and O–H groups in total. The molecule has 0 radical (unpaired) electrons. The fourth-order valence-corrected chi connectivity index (χ4v) is 3.64. The third kappa shape index (κ3) is 2.87. The van der Waals surface area contributed by atoms with E-state index in [1.54, 1.807) is 0 Å². The topological polar surface area (TPSA) is 90.2 Å². The molecule has 1 amide bonds. The Morgan fingerprint density at radius 1 is 1.19 bits per heavy atom. The van der Waals surface area contributed by atoms with Gasteiger partial charge in [-0.3, -0.25) is 4.90 Å². The summed E-state index contributed by atoms with van der Waals surface area (Å²) >= 11 is 0. The van der Waals surface area contributed by atoms with Crippen LogP contribution in [0.25, 0.3) is 5.69 Å². The summed E-state index contributed by atoms with van der Waals surface area (Å²) in [4.78, 5) is 14.4. The number of hydrogen-bond donors (Lipinski definition) is 0. The largest absolute Gasteiger partial charge is 0.530 e. The highest BCUT2D eigenvalue weighted by atomic mass is 19.4. The molecule has 0 unspecified atom stereocenters. The van der Waals surface area contributed by atoms with Crippen LogP contribution in [0.1, 0.15) is 17.8 Å². The second-order valence-corrected chi connectivity index (χ2v) is 6.44. The number of tetrazole rings is 1. The molecule has 3 heterocycles. The van der Waals surface area contributed by atoms with Crippen LogP contribution in [-0.4, -0.2) is 61.3 Å². The van der Waals surface area contributed by atoms with Gasteiger partial charge < -0.3 is 14.8 Å². The number of carbonyl (C=O) groups is 1. The maximum atomic E-state index is 12.7. The molecule has 0 aliphatic carbocycles. The summed E-state index contributed by atoms with van der Waals surface area (Å²) in [5.41, 5.74) is -0.311. The fraction of sp³-hybridized carbons (Fsp3) is 0.467. The SMILES string of the molecule is O=C([O-])N1C[C@@H]2C[C@H]1CN2Cc1nnnn1-c1ccc(C(F)(F)F)cc1. The first-order valence-electron chi connectivity index (χ1n) is 7.99. The van der Waals surface area contributed by atoms with Crippen molar-refractivity contribution >= 4 is 6.09 Å². The summed E-state index contributed by atoms with van der Waals surface area (Å²) in [6.45, 7) is 1.32. The van der Waals surface area contributed by atoms with E-state index in [-0.39, 0.29) is 12.1 Å². The molecular weight excluding hydrogens is 353 g/mol. The van der Waals surface area contributed by atoms with E-state index in [9.17, 15) is 23.1 Å². The van der Waals surface area contributed by atoms with Crippen molar-refractivity contribution in [3.05, 3.63) is 35.7 Å². The highest BCUT2D eigenvalue weighted by Crippen LogP contribution is 2.32. The van der Waals surface area contributed by atoms with Crippen molar-refractivity contribution in [1.82, 2.24) is 30.0 Å². The van der Waals surface area contributed by atoms with Crippen LogP contribution in [0.3, 0.4) is 0 Å². The number of halogens is 3. The summed E-state index contributed by atoms with van der Waals surface area (Å²) < 4.78 is 39.4. The maximum absolute atomic E-state index is 12.7. The van der Waals surface area contributed by atoms with Gasteiger partial charge in [-0.05, 0) is 41.1 Å². The number of alkyl halides is 3. The Bertz CT molecular complexity index is 822. The van der Waals surface area contributed by atoms with E-state index in [0.29, 0.717) is 31.1 Å². The molecule has 2 atom stereocenters. The zero-order chi connectivity index (χ0) is 18.5. The monoisotopic (exact) mass is 367 g/mol. The van der Waals surface area contributed by atoms with Gasteiger partial charge >= 0.3 is 6.18 Å². The van der Waals surface area contributed by atoms with Crippen LogP contribution < -0.4 is 5.11 Å². The summed E-state index contributed by atoms with van der Waals surface area (Å²) in [6, 6.07) is 4.57. The summed E-state index contributed by atoms with van der Waals surface area (Å²) in [6.07, 6.45) is -4.83. The Kier molecular flexibility index (Phi) is 3.83. The lowest BCUT2D eigenvalue weighted by Crippen LogP contribution is -2.52. The van der Waals surface area contributed by atoms with Crippen LogP contribution in [0.5, 0.6) is 0 Å². The van der Waals surface area contributed by atoms with Crippen LogP contribution in [-0.2, 0) is 12.7 Å². The Morgan fingerprint density at radius 3 is 2.50 bits per heavy atom. The van der Waals surface area contributed by atoms with Crippen molar-refractivity contribution in [2.45, 2.75) is 31.2 Å². The molecule has 0 spiro atoms. The number of carboxylic acid groups (broad SMARTS) is 1. The van der Waals surface area contributed by atoms with Crippen LogP contribution in [0.4, 0.5) is 18.0 Å². The molecule has 8 nitrogen and oxygen atoms in total. The van der Waals surface area contributed by atoms with Gasteiger partial charge in [0.2, 0.25) is 0 Å². The minimum Gasteiger partial charge on any atom is -0.530 e. The average molecular weight is 367 g/mol. The van der Waals surface area contributed by atoms with Gasteiger partial charge in [0.25, 0.3) is 0 Å². The number of fused-ring (bicyclic) bond motifs is 2. The number of carbonyl (C=O) groups excluding carboxylic acids is 1. The van der Waals surface area contributed by atoms with Crippen molar-refractivity contribution < 1.29 is 23.1 Å². The molecule has 0 saturated carbocycles. The lowest BCUT2D eigenvalue weighted by molar-refractivity contribution is -0.267. The molecular formula is C15H14F3N6O2-. The van der Waals surface area contributed by atoms with E-state index in [0.717, 1.165) is 18.6 Å². The van der Waals surface area contributed by atoms with Gasteiger partial charge in [0.1, 0.15) is 6.09 Å².